The maximum absolute atomic E-state index is 4.89. The van der Waals surface area contributed by atoms with Crippen LogP contribution < -0.4 is 0 Å². The van der Waals surface area contributed by atoms with Crippen LogP contribution in [0.3, 0.4) is 0 Å². The van der Waals surface area contributed by atoms with E-state index in [1.54, 1.807) is 0 Å². The standard InChI is InChI=1S/BH3PSi.Mo/c1-3-2;/h3H,2H2;. The van der Waals surface area contributed by atoms with Crippen LogP contribution in [-0.2, 0) is 21.1 Å². The van der Waals surface area contributed by atoms with Crippen molar-refractivity contribution in [3.05, 3.63) is 0 Å². The van der Waals surface area contributed by atoms with Gasteiger partial charge in [-0.05, 0) is 0 Å². The molecule has 0 N–H and O–H groups in total. The van der Waals surface area contributed by atoms with Crippen LogP contribution in [0.25, 0.3) is 0 Å². The maximum Gasteiger partial charge on any atom is 0.0545 e. The molecule has 0 saturated heterocycles. The summed E-state index contributed by atoms with van der Waals surface area (Å²) in [4.78, 5) is 0. The van der Waals surface area contributed by atoms with Crippen molar-refractivity contribution in [1.29, 1.82) is 0 Å². The molecule has 0 aliphatic heterocycles. The van der Waals surface area contributed by atoms with Crippen molar-refractivity contribution in [2.24, 2.45) is 0 Å². The monoisotopic (exact) mass is 171 g/mol. The summed E-state index contributed by atoms with van der Waals surface area (Å²) >= 11 is 0. The Labute approximate surface area is 46.6 Å². The number of hydrogen-bond acceptors (Lipinski definition) is 0. The van der Waals surface area contributed by atoms with E-state index in [9.17, 15) is 0 Å². The molecule has 4 heteroatoms. The van der Waals surface area contributed by atoms with Gasteiger partial charge in [-0.1, -0.05) is 0 Å². The Bertz CT molecular complexity index is 8.00. The molecular weight excluding hydrogens is 166 g/mol. The van der Waals surface area contributed by atoms with Crippen molar-refractivity contribution in [1.82, 2.24) is 0 Å². The Morgan fingerprint density at radius 1 is 1.75 bits per heavy atom. The summed E-state index contributed by atoms with van der Waals surface area (Å²) < 4.78 is 0. The predicted molar refractivity (Wildman–Crippen MR) is 22.6 cm³/mol. The van der Waals surface area contributed by atoms with Gasteiger partial charge in [0.1, 0.15) is 0 Å². The first-order chi connectivity index (χ1) is 1.41. The first kappa shape index (κ1) is 9.04. The fourth-order valence-electron chi connectivity index (χ4n) is 0. The normalized spacial score (nSPS) is 4.25. The largest absolute Gasteiger partial charge is 0.163 e. The third kappa shape index (κ3) is 9.99. The van der Waals surface area contributed by atoms with E-state index in [0.717, 1.165) is 0 Å². The summed E-state index contributed by atoms with van der Waals surface area (Å²) in [5.74, 6) is 0. The van der Waals surface area contributed by atoms with Gasteiger partial charge in [0.25, 0.3) is 0 Å². The van der Waals surface area contributed by atoms with E-state index in [4.69, 9.17) is 7.44 Å². The van der Waals surface area contributed by atoms with Crippen molar-refractivity contribution in [3.63, 3.8) is 0 Å². The molecular formula is H3BMoPSi. The van der Waals surface area contributed by atoms with Crippen LogP contribution in [0.4, 0.5) is 0 Å². The van der Waals surface area contributed by atoms with Gasteiger partial charge in [0.15, 0.2) is 0 Å². The molecule has 0 aliphatic rings. The SMILES string of the molecule is [B][SiH]P.[Mo]. The molecule has 0 aromatic rings. The summed E-state index contributed by atoms with van der Waals surface area (Å²) in [6, 6.07) is 0. The molecule has 0 saturated carbocycles. The number of hydrogen-bond donors (Lipinski definition) is 0. The molecule has 0 bridgehead atoms. The van der Waals surface area contributed by atoms with E-state index in [-0.39, 0.29) is 30.1 Å². The molecule has 4 heavy (non-hydrogen) atoms. The van der Waals surface area contributed by atoms with Crippen molar-refractivity contribution in [2.45, 2.75) is 0 Å². The molecule has 0 rings (SSSR count). The van der Waals surface area contributed by atoms with Crippen molar-refractivity contribution >= 4 is 25.3 Å². The molecule has 1 atom stereocenters. The second-order valence-electron chi connectivity index (χ2n) is 0.192. The third-order valence-corrected chi connectivity index (χ3v) is 0. The zero-order valence-electron chi connectivity index (χ0n) is 2.14. The minimum absolute atomic E-state index is 0. The van der Waals surface area contributed by atoms with Gasteiger partial charge in [0.05, 0.1) is 7.44 Å². The second-order valence-corrected chi connectivity index (χ2v) is 1.73. The molecule has 0 aliphatic carbocycles. The fraction of sp³-hybridized carbons (Fsp3) is 0. The zero-order valence-corrected chi connectivity index (χ0v) is 6.46. The molecule has 0 spiro atoms. The number of rotatable bonds is 0. The molecule has 3 radical (unpaired) electrons. The first-order valence-electron chi connectivity index (χ1n) is 0.667. The van der Waals surface area contributed by atoms with Gasteiger partial charge < -0.3 is 0 Å². The van der Waals surface area contributed by atoms with E-state index < -0.39 is 0 Å². The minimum atomic E-state index is 0. The molecule has 0 fully saturated rings. The zero-order chi connectivity index (χ0) is 2.71. The Morgan fingerprint density at radius 2 is 1.75 bits per heavy atom. The summed E-state index contributed by atoms with van der Waals surface area (Å²) in [7, 11) is 7.50. The average Bonchev–Trinajstić information content (AvgIpc) is 0.918. The van der Waals surface area contributed by atoms with E-state index >= 15 is 0 Å². The van der Waals surface area contributed by atoms with Gasteiger partial charge in [-0.3, -0.25) is 0 Å². The van der Waals surface area contributed by atoms with E-state index in [2.05, 4.69) is 8.79 Å². The maximum atomic E-state index is 4.89. The van der Waals surface area contributed by atoms with Crippen LogP contribution in [0.2, 0.25) is 0 Å². The van der Waals surface area contributed by atoms with E-state index in [1.165, 1.54) is 0 Å². The van der Waals surface area contributed by atoms with Crippen LogP contribution in [-0.4, -0.2) is 16.5 Å². The van der Waals surface area contributed by atoms with Crippen molar-refractivity contribution in [3.8, 4) is 0 Å². The molecule has 0 aromatic carbocycles. The van der Waals surface area contributed by atoms with Gasteiger partial charge >= 0.3 is 0 Å². The minimum Gasteiger partial charge on any atom is -0.163 e. The Morgan fingerprint density at radius 3 is 1.75 bits per heavy atom. The third-order valence-electron chi connectivity index (χ3n) is 0. The van der Waals surface area contributed by atoms with E-state index in [1.807, 2.05) is 0 Å². The quantitative estimate of drug-likeness (QED) is 0.332. The molecule has 1 unspecified atom stereocenters. The van der Waals surface area contributed by atoms with Crippen LogP contribution in [0.15, 0.2) is 0 Å². The smallest absolute Gasteiger partial charge is 0.0545 e. The molecule has 0 heterocycles. The summed E-state index contributed by atoms with van der Waals surface area (Å²) in [6.45, 7) is 0. The van der Waals surface area contributed by atoms with Crippen molar-refractivity contribution in [2.75, 3.05) is 0 Å². The molecule has 0 aromatic heterocycles. The summed E-state index contributed by atoms with van der Waals surface area (Å²) in [5, 5.41) is 0. The first-order valence-corrected chi connectivity index (χ1v) is 4.00. The molecule has 0 nitrogen and oxygen atoms in total. The van der Waals surface area contributed by atoms with Crippen LogP contribution in [0.1, 0.15) is 0 Å². The van der Waals surface area contributed by atoms with Crippen molar-refractivity contribution < 1.29 is 21.1 Å². The Kier molecular flexibility index (Phi) is 20.0. The van der Waals surface area contributed by atoms with Gasteiger partial charge in [-0.2, -0.15) is 8.79 Å². The summed E-state index contributed by atoms with van der Waals surface area (Å²) in [6.07, 6.45) is 0. The predicted octanol–water partition coefficient (Wildman–Crippen LogP) is -0.706. The average molecular weight is 169 g/mol. The Balaban J connectivity index is 0. The van der Waals surface area contributed by atoms with E-state index in [0.29, 0.717) is 0 Å². The Hall–Kier alpha value is 1.40. The van der Waals surface area contributed by atoms with Gasteiger partial charge in [-0.15, -0.1) is 0 Å². The topological polar surface area (TPSA) is 0 Å². The van der Waals surface area contributed by atoms with Crippen LogP contribution in [0.5, 0.6) is 0 Å². The van der Waals surface area contributed by atoms with Crippen LogP contribution >= 0.6 is 8.79 Å². The molecule has 21 valence electrons. The fourth-order valence-corrected chi connectivity index (χ4v) is 0. The summed E-state index contributed by atoms with van der Waals surface area (Å²) in [5.41, 5.74) is 0. The second kappa shape index (κ2) is 8.83. The van der Waals surface area contributed by atoms with Gasteiger partial charge in [0, 0.05) is 30.1 Å². The van der Waals surface area contributed by atoms with Crippen LogP contribution in [0, 0.1) is 0 Å². The van der Waals surface area contributed by atoms with Gasteiger partial charge in [0.2, 0.25) is 0 Å². The molecule has 0 amide bonds. The van der Waals surface area contributed by atoms with Gasteiger partial charge in [-0.25, -0.2) is 0 Å².